The van der Waals surface area contributed by atoms with Gasteiger partial charge >= 0.3 is 0 Å². The molecule has 3 nitrogen and oxygen atoms in total. The maximum absolute atomic E-state index is 5.66. The van der Waals surface area contributed by atoms with Gasteiger partial charge in [-0.25, -0.2) is 9.97 Å². The molecule has 2 heterocycles. The van der Waals surface area contributed by atoms with Crippen LogP contribution in [0.15, 0.2) is 11.4 Å². The van der Waals surface area contributed by atoms with Crippen molar-refractivity contribution in [3.05, 3.63) is 17.3 Å². The summed E-state index contributed by atoms with van der Waals surface area (Å²) in [6.07, 6.45) is 0. The number of nitrogen functional groups attached to an aromatic ring is 1. The molecule has 0 spiro atoms. The Morgan fingerprint density at radius 2 is 2.00 bits per heavy atom. The third-order valence-electron chi connectivity index (χ3n) is 1.44. The van der Waals surface area contributed by atoms with Crippen LogP contribution in [0, 0.1) is 6.92 Å². The summed E-state index contributed by atoms with van der Waals surface area (Å²) in [5, 5.41) is 1.97. The van der Waals surface area contributed by atoms with Crippen molar-refractivity contribution >= 4 is 52.2 Å². The van der Waals surface area contributed by atoms with Crippen molar-refractivity contribution in [3.63, 3.8) is 0 Å². The highest BCUT2D eigenvalue weighted by molar-refractivity contribution is 7.17. The molecule has 0 saturated heterocycles. The minimum atomic E-state index is 0. The smallest absolute Gasteiger partial charge is 0.145 e. The summed E-state index contributed by atoms with van der Waals surface area (Å²) in [5.41, 5.74) is 6.61. The molecule has 0 amide bonds. The fourth-order valence-corrected chi connectivity index (χ4v) is 1.74. The van der Waals surface area contributed by atoms with Gasteiger partial charge in [0.05, 0.1) is 10.2 Å². The number of aromatic nitrogens is 2. The fourth-order valence-electron chi connectivity index (χ4n) is 1.01. The second-order valence-electron chi connectivity index (χ2n) is 2.29. The molecule has 0 aliphatic heterocycles. The van der Waals surface area contributed by atoms with Gasteiger partial charge in [-0.1, -0.05) is 0 Å². The first-order chi connectivity index (χ1) is 5.27. The third kappa shape index (κ3) is 2.21. The number of aryl methyl sites for hydroxylation is 1. The number of halogens is 2. The van der Waals surface area contributed by atoms with Gasteiger partial charge < -0.3 is 5.73 Å². The molecule has 2 rings (SSSR count). The van der Waals surface area contributed by atoms with Gasteiger partial charge in [-0.3, -0.25) is 0 Å². The molecule has 72 valence electrons. The van der Waals surface area contributed by atoms with E-state index in [1.54, 1.807) is 11.3 Å². The van der Waals surface area contributed by atoms with Crippen LogP contribution in [-0.4, -0.2) is 9.97 Å². The van der Waals surface area contributed by atoms with E-state index >= 15 is 0 Å². The minimum absolute atomic E-state index is 0. The monoisotopic (exact) mass is 237 g/mol. The van der Waals surface area contributed by atoms with E-state index in [-0.39, 0.29) is 24.8 Å². The average molecular weight is 238 g/mol. The Labute approximate surface area is 92.2 Å². The summed E-state index contributed by atoms with van der Waals surface area (Å²) in [5.74, 6) is 1.32. The number of fused-ring (bicyclic) bond motifs is 1. The van der Waals surface area contributed by atoms with Gasteiger partial charge in [-0.2, -0.15) is 0 Å². The highest BCUT2D eigenvalue weighted by atomic mass is 35.5. The standard InChI is InChI=1S/C7H7N3S.2ClH/c1-4-9-5-2-3-11-6(5)7(8)10-4;;/h2-3H,1H3,(H2,8,9,10);2*1H. The molecule has 2 N–H and O–H groups in total. The van der Waals surface area contributed by atoms with Crippen molar-refractivity contribution in [1.82, 2.24) is 9.97 Å². The maximum Gasteiger partial charge on any atom is 0.145 e. The number of thiophene rings is 1. The van der Waals surface area contributed by atoms with Gasteiger partial charge in [0.2, 0.25) is 0 Å². The van der Waals surface area contributed by atoms with E-state index in [1.165, 1.54) is 0 Å². The lowest BCUT2D eigenvalue weighted by Crippen LogP contribution is -1.94. The summed E-state index contributed by atoms with van der Waals surface area (Å²) in [6, 6.07) is 1.95. The van der Waals surface area contributed by atoms with E-state index in [1.807, 2.05) is 18.4 Å². The van der Waals surface area contributed by atoms with E-state index in [0.29, 0.717) is 5.82 Å². The Morgan fingerprint density at radius 1 is 1.31 bits per heavy atom. The normalized spacial score (nSPS) is 9.00. The lowest BCUT2D eigenvalue weighted by atomic mass is 10.4. The van der Waals surface area contributed by atoms with Crippen LogP contribution in [0.3, 0.4) is 0 Å². The molecule has 0 aromatic carbocycles. The summed E-state index contributed by atoms with van der Waals surface area (Å²) in [4.78, 5) is 8.27. The van der Waals surface area contributed by atoms with Gasteiger partial charge in [0.25, 0.3) is 0 Å². The average Bonchev–Trinajstić information content (AvgIpc) is 2.34. The van der Waals surface area contributed by atoms with Crippen molar-refractivity contribution in [2.45, 2.75) is 6.92 Å². The van der Waals surface area contributed by atoms with Gasteiger partial charge in [0, 0.05) is 0 Å². The van der Waals surface area contributed by atoms with Crippen molar-refractivity contribution in [3.8, 4) is 0 Å². The molecule has 2 aromatic heterocycles. The van der Waals surface area contributed by atoms with E-state index in [2.05, 4.69) is 9.97 Å². The van der Waals surface area contributed by atoms with Crippen LogP contribution in [0.2, 0.25) is 0 Å². The first-order valence-electron chi connectivity index (χ1n) is 3.24. The first kappa shape index (κ1) is 12.4. The Hall–Kier alpha value is -0.580. The summed E-state index contributed by atoms with van der Waals surface area (Å²) >= 11 is 1.57. The Bertz CT molecular complexity index is 402. The predicted octanol–water partition coefficient (Wildman–Crippen LogP) is 2.43. The van der Waals surface area contributed by atoms with Gasteiger partial charge in [-0.05, 0) is 18.4 Å². The fraction of sp³-hybridized carbons (Fsp3) is 0.143. The first-order valence-corrected chi connectivity index (χ1v) is 4.12. The summed E-state index contributed by atoms with van der Waals surface area (Å²) in [6.45, 7) is 1.84. The molecule has 0 bridgehead atoms. The molecule has 0 aliphatic rings. The lowest BCUT2D eigenvalue weighted by molar-refractivity contribution is 1.10. The zero-order chi connectivity index (χ0) is 7.84. The van der Waals surface area contributed by atoms with Gasteiger partial charge in [0.1, 0.15) is 11.6 Å². The van der Waals surface area contributed by atoms with Crippen LogP contribution in [0.4, 0.5) is 5.82 Å². The number of nitrogens with zero attached hydrogens (tertiary/aromatic N) is 2. The molecule has 0 saturated carbocycles. The Balaban J connectivity index is 0.000000720. The molecular formula is C7H9Cl2N3S. The molecule has 0 fully saturated rings. The van der Waals surface area contributed by atoms with Crippen LogP contribution in [0.25, 0.3) is 10.2 Å². The highest BCUT2D eigenvalue weighted by Crippen LogP contribution is 2.22. The molecule has 13 heavy (non-hydrogen) atoms. The second kappa shape index (κ2) is 4.60. The van der Waals surface area contributed by atoms with Crippen molar-refractivity contribution in [1.29, 1.82) is 0 Å². The highest BCUT2D eigenvalue weighted by Gasteiger charge is 2.01. The Kier molecular flexibility index (Phi) is 4.39. The largest absolute Gasteiger partial charge is 0.382 e. The molecule has 6 heteroatoms. The van der Waals surface area contributed by atoms with Crippen LogP contribution >= 0.6 is 36.2 Å². The van der Waals surface area contributed by atoms with E-state index in [4.69, 9.17) is 5.73 Å². The molecule has 0 radical (unpaired) electrons. The van der Waals surface area contributed by atoms with Crippen LogP contribution < -0.4 is 5.73 Å². The summed E-state index contributed by atoms with van der Waals surface area (Å²) in [7, 11) is 0. The van der Waals surface area contributed by atoms with Crippen molar-refractivity contribution in [2.75, 3.05) is 5.73 Å². The van der Waals surface area contributed by atoms with Gasteiger partial charge in [-0.15, -0.1) is 36.2 Å². The minimum Gasteiger partial charge on any atom is -0.382 e. The van der Waals surface area contributed by atoms with Crippen LogP contribution in [-0.2, 0) is 0 Å². The zero-order valence-corrected chi connectivity index (χ0v) is 9.30. The SMILES string of the molecule is Cc1nc(N)c2sccc2n1.Cl.Cl. The topological polar surface area (TPSA) is 51.8 Å². The number of hydrogen-bond donors (Lipinski definition) is 1. The third-order valence-corrected chi connectivity index (χ3v) is 2.37. The van der Waals surface area contributed by atoms with Crippen molar-refractivity contribution in [2.24, 2.45) is 0 Å². The predicted molar refractivity (Wildman–Crippen MR) is 61.1 cm³/mol. The number of nitrogens with two attached hydrogens (primary N) is 1. The lowest BCUT2D eigenvalue weighted by Gasteiger charge is -1.95. The van der Waals surface area contributed by atoms with Crippen LogP contribution in [0.1, 0.15) is 5.82 Å². The molecule has 0 atom stereocenters. The number of hydrogen-bond acceptors (Lipinski definition) is 4. The van der Waals surface area contributed by atoms with Crippen LogP contribution in [0.5, 0.6) is 0 Å². The zero-order valence-electron chi connectivity index (χ0n) is 6.85. The molecular weight excluding hydrogens is 229 g/mol. The van der Waals surface area contributed by atoms with Gasteiger partial charge in [0.15, 0.2) is 0 Å². The molecule has 2 aromatic rings. The maximum atomic E-state index is 5.66. The van der Waals surface area contributed by atoms with Crippen molar-refractivity contribution < 1.29 is 0 Å². The van der Waals surface area contributed by atoms with E-state index < -0.39 is 0 Å². The molecule has 0 aliphatic carbocycles. The molecule has 0 unspecified atom stereocenters. The second-order valence-corrected chi connectivity index (χ2v) is 3.21. The Morgan fingerprint density at radius 3 is 2.69 bits per heavy atom. The summed E-state index contributed by atoms with van der Waals surface area (Å²) < 4.78 is 0.982. The quantitative estimate of drug-likeness (QED) is 0.766. The number of anilines is 1. The van der Waals surface area contributed by atoms with E-state index in [9.17, 15) is 0 Å². The number of rotatable bonds is 0. The van der Waals surface area contributed by atoms with E-state index in [0.717, 1.165) is 16.0 Å².